The fourth-order valence-electron chi connectivity index (χ4n) is 2.93. The monoisotopic (exact) mass is 349 g/mol. The zero-order valence-electron chi connectivity index (χ0n) is 16.1. The number of rotatable bonds is 14. The molecular formula is C19H40ClNO2. The molecule has 140 valence electrons. The van der Waals surface area contributed by atoms with E-state index in [1.54, 1.807) is 0 Å². The third-order valence-electron chi connectivity index (χ3n) is 4.17. The molecule has 0 aliphatic carbocycles. The predicted molar refractivity (Wildman–Crippen MR) is 102 cm³/mol. The van der Waals surface area contributed by atoms with Gasteiger partial charge in [0.15, 0.2) is 0 Å². The minimum Gasteiger partial charge on any atom is -0.465 e. The highest BCUT2D eigenvalue weighted by Gasteiger charge is 2.25. The van der Waals surface area contributed by atoms with Crippen LogP contribution in [0.1, 0.15) is 85.0 Å². The molecule has 0 aliphatic rings. The Morgan fingerprint density at radius 1 is 0.870 bits per heavy atom. The number of likely N-dealkylation sites (N-methyl/N-ethyl adjacent to an activating group) is 1. The maximum Gasteiger partial charge on any atom is 0.323 e. The van der Waals surface area contributed by atoms with Gasteiger partial charge in [-0.05, 0) is 26.4 Å². The summed E-state index contributed by atoms with van der Waals surface area (Å²) in [6.45, 7) is 6.96. The van der Waals surface area contributed by atoms with E-state index in [-0.39, 0.29) is 30.3 Å². The first kappa shape index (κ1) is 25.0. The summed E-state index contributed by atoms with van der Waals surface area (Å²) in [6, 6.07) is -0.122. The van der Waals surface area contributed by atoms with Gasteiger partial charge in [0, 0.05) is 0 Å². The van der Waals surface area contributed by atoms with Crippen molar-refractivity contribution < 1.29 is 9.53 Å². The Hall–Kier alpha value is -0.280. The van der Waals surface area contributed by atoms with E-state index in [0.717, 1.165) is 6.42 Å². The van der Waals surface area contributed by atoms with Gasteiger partial charge in [0.1, 0.15) is 6.04 Å². The number of hydrogen-bond donors (Lipinski definition) is 0. The molecule has 0 bridgehead atoms. The molecule has 0 aliphatic heterocycles. The van der Waals surface area contributed by atoms with Gasteiger partial charge in [0.2, 0.25) is 0 Å². The lowest BCUT2D eigenvalue weighted by Crippen LogP contribution is -2.41. The molecule has 0 saturated heterocycles. The Bertz CT molecular complexity index is 262. The van der Waals surface area contributed by atoms with E-state index >= 15 is 0 Å². The quantitative estimate of drug-likeness (QED) is 0.308. The van der Waals surface area contributed by atoms with Gasteiger partial charge in [-0.1, -0.05) is 78.6 Å². The van der Waals surface area contributed by atoms with E-state index in [1.807, 2.05) is 19.0 Å². The summed E-state index contributed by atoms with van der Waals surface area (Å²) in [4.78, 5) is 14.0. The Balaban J connectivity index is 0. The van der Waals surface area contributed by atoms with Crippen LogP contribution in [0.2, 0.25) is 0 Å². The highest BCUT2D eigenvalue weighted by molar-refractivity contribution is 5.85. The Kier molecular flexibility index (Phi) is 18.0. The molecule has 0 N–H and O–H groups in total. The molecule has 0 fully saturated rings. The highest BCUT2D eigenvalue weighted by Crippen LogP contribution is 2.12. The van der Waals surface area contributed by atoms with Crippen LogP contribution in [-0.4, -0.2) is 37.6 Å². The van der Waals surface area contributed by atoms with E-state index in [2.05, 4.69) is 20.8 Å². The molecule has 0 aromatic carbocycles. The van der Waals surface area contributed by atoms with Crippen LogP contribution in [0.5, 0.6) is 0 Å². The molecule has 0 aromatic rings. The second-order valence-corrected chi connectivity index (χ2v) is 7.00. The summed E-state index contributed by atoms with van der Waals surface area (Å²) in [6.07, 6.45) is 13.0. The van der Waals surface area contributed by atoms with Gasteiger partial charge in [-0.25, -0.2) is 0 Å². The van der Waals surface area contributed by atoms with Crippen LogP contribution in [-0.2, 0) is 9.53 Å². The van der Waals surface area contributed by atoms with Gasteiger partial charge in [0.25, 0.3) is 0 Å². The number of hydrogen-bond acceptors (Lipinski definition) is 3. The molecule has 0 radical (unpaired) electrons. The second-order valence-electron chi connectivity index (χ2n) is 7.00. The van der Waals surface area contributed by atoms with Crippen molar-refractivity contribution in [1.29, 1.82) is 0 Å². The SMILES string of the molecule is CCCCCCCCCCCCOC(=O)C(C(C)C)N(C)C.Cl. The maximum absolute atomic E-state index is 12.0. The summed E-state index contributed by atoms with van der Waals surface area (Å²) in [7, 11) is 3.87. The van der Waals surface area contributed by atoms with Gasteiger partial charge in [-0.15, -0.1) is 12.4 Å². The third kappa shape index (κ3) is 13.8. The van der Waals surface area contributed by atoms with Crippen LogP contribution < -0.4 is 0 Å². The Labute approximate surface area is 150 Å². The number of unbranched alkanes of at least 4 members (excludes halogenated alkanes) is 9. The van der Waals surface area contributed by atoms with E-state index in [0.29, 0.717) is 6.61 Å². The maximum atomic E-state index is 12.0. The average molecular weight is 350 g/mol. The minimum absolute atomic E-state index is 0. The van der Waals surface area contributed by atoms with Crippen molar-refractivity contribution in [2.24, 2.45) is 5.92 Å². The van der Waals surface area contributed by atoms with Crippen molar-refractivity contribution in [1.82, 2.24) is 4.90 Å². The van der Waals surface area contributed by atoms with Crippen molar-refractivity contribution in [2.45, 2.75) is 91.0 Å². The lowest BCUT2D eigenvalue weighted by atomic mass is 10.0. The molecule has 0 heterocycles. The fourth-order valence-corrected chi connectivity index (χ4v) is 2.93. The van der Waals surface area contributed by atoms with Crippen LogP contribution in [0.3, 0.4) is 0 Å². The average Bonchev–Trinajstić information content (AvgIpc) is 2.44. The van der Waals surface area contributed by atoms with Crippen LogP contribution in [0, 0.1) is 5.92 Å². The lowest BCUT2D eigenvalue weighted by Gasteiger charge is -2.25. The summed E-state index contributed by atoms with van der Waals surface area (Å²) in [5.74, 6) is 0.214. The van der Waals surface area contributed by atoms with Gasteiger partial charge in [-0.2, -0.15) is 0 Å². The van der Waals surface area contributed by atoms with Gasteiger partial charge >= 0.3 is 5.97 Å². The Morgan fingerprint density at radius 2 is 1.30 bits per heavy atom. The molecule has 0 spiro atoms. The second kappa shape index (κ2) is 16.6. The number of halogens is 1. The normalized spacial score (nSPS) is 12.3. The zero-order valence-corrected chi connectivity index (χ0v) is 16.9. The standard InChI is InChI=1S/C19H39NO2.ClH/c1-6-7-8-9-10-11-12-13-14-15-16-22-19(21)18(17(2)3)20(4)5;/h17-18H,6-16H2,1-5H3;1H. The molecule has 0 amide bonds. The zero-order chi connectivity index (χ0) is 16.8. The van der Waals surface area contributed by atoms with Gasteiger partial charge in [0.05, 0.1) is 6.61 Å². The van der Waals surface area contributed by atoms with Crippen LogP contribution in [0.15, 0.2) is 0 Å². The number of carbonyl (C=O) groups is 1. The van der Waals surface area contributed by atoms with Gasteiger partial charge < -0.3 is 4.74 Å². The smallest absolute Gasteiger partial charge is 0.323 e. The van der Waals surface area contributed by atoms with Crippen molar-refractivity contribution in [3.05, 3.63) is 0 Å². The molecule has 1 unspecified atom stereocenters. The van der Waals surface area contributed by atoms with Crippen LogP contribution in [0.25, 0.3) is 0 Å². The summed E-state index contributed by atoms with van der Waals surface area (Å²) in [5.41, 5.74) is 0. The van der Waals surface area contributed by atoms with E-state index in [9.17, 15) is 4.79 Å². The number of nitrogens with zero attached hydrogens (tertiary/aromatic N) is 1. The van der Waals surface area contributed by atoms with E-state index in [4.69, 9.17) is 4.74 Å². The highest BCUT2D eigenvalue weighted by atomic mass is 35.5. The third-order valence-corrected chi connectivity index (χ3v) is 4.17. The summed E-state index contributed by atoms with van der Waals surface area (Å²) >= 11 is 0. The topological polar surface area (TPSA) is 29.5 Å². The molecule has 1 atom stereocenters. The summed E-state index contributed by atoms with van der Waals surface area (Å²) < 4.78 is 5.42. The first-order valence-corrected chi connectivity index (χ1v) is 9.33. The van der Waals surface area contributed by atoms with Crippen molar-refractivity contribution in [3.8, 4) is 0 Å². The van der Waals surface area contributed by atoms with Crippen molar-refractivity contribution in [2.75, 3.05) is 20.7 Å². The summed E-state index contributed by atoms with van der Waals surface area (Å²) in [5, 5.41) is 0. The number of carbonyl (C=O) groups excluding carboxylic acids is 1. The van der Waals surface area contributed by atoms with Gasteiger partial charge in [-0.3, -0.25) is 9.69 Å². The minimum atomic E-state index is -0.122. The van der Waals surface area contributed by atoms with Crippen LogP contribution >= 0.6 is 12.4 Å². The molecular weight excluding hydrogens is 310 g/mol. The van der Waals surface area contributed by atoms with Crippen molar-refractivity contribution >= 4 is 18.4 Å². The molecule has 0 saturated carbocycles. The molecule has 23 heavy (non-hydrogen) atoms. The molecule has 0 aromatic heterocycles. The van der Waals surface area contributed by atoms with E-state index < -0.39 is 0 Å². The number of esters is 1. The predicted octanol–water partition coefficient (Wildman–Crippen LogP) is 5.46. The largest absolute Gasteiger partial charge is 0.465 e. The van der Waals surface area contributed by atoms with Crippen LogP contribution in [0.4, 0.5) is 0 Å². The van der Waals surface area contributed by atoms with E-state index in [1.165, 1.54) is 57.8 Å². The Morgan fingerprint density at radius 3 is 1.70 bits per heavy atom. The number of ether oxygens (including phenoxy) is 1. The fraction of sp³-hybridized carbons (Fsp3) is 0.947. The molecule has 3 nitrogen and oxygen atoms in total. The molecule has 0 rings (SSSR count). The van der Waals surface area contributed by atoms with Crippen molar-refractivity contribution in [3.63, 3.8) is 0 Å². The molecule has 4 heteroatoms. The lowest BCUT2D eigenvalue weighted by molar-refractivity contribution is -0.150. The first-order valence-electron chi connectivity index (χ1n) is 9.33. The first-order chi connectivity index (χ1) is 10.5.